The van der Waals surface area contributed by atoms with Gasteiger partial charge < -0.3 is 9.73 Å². The van der Waals surface area contributed by atoms with Crippen LogP contribution in [0.4, 0.5) is 5.69 Å². The molecule has 21 heavy (non-hydrogen) atoms. The number of oxazole rings is 1. The molecular weight excluding hydrogens is 286 g/mol. The molecule has 5 heteroatoms. The smallest absolute Gasteiger partial charge is 0.239 e. The van der Waals surface area contributed by atoms with Crippen molar-refractivity contribution in [1.29, 1.82) is 5.26 Å². The summed E-state index contributed by atoms with van der Waals surface area (Å²) in [6.07, 6.45) is 1.56. The second-order valence-electron chi connectivity index (χ2n) is 4.31. The molecule has 0 fully saturated rings. The highest BCUT2D eigenvalue weighted by Crippen LogP contribution is 2.21. The topological polar surface area (TPSA) is 61.9 Å². The van der Waals surface area contributed by atoms with Crippen molar-refractivity contribution in [2.75, 3.05) is 5.32 Å². The molecule has 0 radical (unpaired) electrons. The number of halogens is 1. The lowest BCUT2D eigenvalue weighted by Crippen LogP contribution is -1.90. The monoisotopic (exact) mass is 295 g/mol. The number of nitrogens with zero attached hydrogens (tertiary/aromatic N) is 2. The molecule has 1 aromatic heterocycles. The van der Waals surface area contributed by atoms with Crippen LogP contribution in [0, 0.1) is 11.3 Å². The van der Waals surface area contributed by atoms with Crippen LogP contribution >= 0.6 is 11.6 Å². The number of aromatic nitrogens is 1. The van der Waals surface area contributed by atoms with Gasteiger partial charge in [-0.25, -0.2) is 4.98 Å². The van der Waals surface area contributed by atoms with Crippen LogP contribution in [0.5, 0.6) is 0 Å². The molecule has 1 heterocycles. The molecule has 0 aliphatic rings. The SMILES string of the molecule is N#CC(=CNc1ccc(Cl)cc1)c1nc2ccccc2o1. The number of allylic oxidation sites excluding steroid dienone is 1. The Labute approximate surface area is 126 Å². The highest BCUT2D eigenvalue weighted by Gasteiger charge is 2.09. The van der Waals surface area contributed by atoms with Crippen LogP contribution < -0.4 is 5.32 Å². The van der Waals surface area contributed by atoms with E-state index in [-0.39, 0.29) is 0 Å². The Morgan fingerprint density at radius 1 is 1.19 bits per heavy atom. The molecule has 0 unspecified atom stereocenters. The first-order valence-electron chi connectivity index (χ1n) is 6.24. The van der Waals surface area contributed by atoms with Crippen LogP contribution in [0.3, 0.4) is 0 Å². The zero-order valence-electron chi connectivity index (χ0n) is 10.9. The van der Waals surface area contributed by atoms with E-state index in [4.69, 9.17) is 16.0 Å². The maximum absolute atomic E-state index is 9.25. The first-order valence-corrected chi connectivity index (χ1v) is 6.62. The maximum Gasteiger partial charge on any atom is 0.239 e. The first kappa shape index (κ1) is 13.2. The number of rotatable bonds is 3. The Morgan fingerprint density at radius 3 is 2.67 bits per heavy atom. The molecule has 3 rings (SSSR count). The van der Waals surface area contributed by atoms with Gasteiger partial charge in [0.25, 0.3) is 0 Å². The quantitative estimate of drug-likeness (QED) is 0.725. The fourth-order valence-corrected chi connectivity index (χ4v) is 1.96. The van der Waals surface area contributed by atoms with E-state index in [9.17, 15) is 5.26 Å². The lowest BCUT2D eigenvalue weighted by molar-refractivity contribution is 0.586. The molecule has 0 saturated carbocycles. The molecule has 0 bridgehead atoms. The molecule has 0 atom stereocenters. The molecule has 1 N–H and O–H groups in total. The van der Waals surface area contributed by atoms with Crippen LogP contribution in [0.2, 0.25) is 5.02 Å². The Hall–Kier alpha value is -2.77. The molecule has 0 spiro atoms. The number of benzene rings is 2. The van der Waals surface area contributed by atoms with Crippen molar-refractivity contribution >= 4 is 34.0 Å². The molecule has 2 aromatic carbocycles. The second kappa shape index (κ2) is 5.70. The zero-order chi connectivity index (χ0) is 14.7. The summed E-state index contributed by atoms with van der Waals surface area (Å²) in [6, 6.07) is 16.6. The summed E-state index contributed by atoms with van der Waals surface area (Å²) in [5.74, 6) is 0.292. The predicted molar refractivity (Wildman–Crippen MR) is 82.7 cm³/mol. The standard InChI is InChI=1S/C16H10ClN3O/c17-12-5-7-13(8-6-12)19-10-11(9-18)16-20-14-3-1-2-4-15(14)21-16/h1-8,10,19H. The lowest BCUT2D eigenvalue weighted by atomic mass is 10.3. The summed E-state index contributed by atoms with van der Waals surface area (Å²) in [5, 5.41) is 12.9. The van der Waals surface area contributed by atoms with Gasteiger partial charge in [-0.15, -0.1) is 0 Å². The number of hydrogen-bond acceptors (Lipinski definition) is 4. The molecular formula is C16H10ClN3O. The van der Waals surface area contributed by atoms with Gasteiger partial charge in [0.15, 0.2) is 5.58 Å². The molecule has 0 saturated heterocycles. The third-order valence-electron chi connectivity index (χ3n) is 2.87. The number of para-hydroxylation sites is 2. The number of fused-ring (bicyclic) bond motifs is 1. The third kappa shape index (κ3) is 2.88. The van der Waals surface area contributed by atoms with Crippen molar-refractivity contribution in [2.24, 2.45) is 0 Å². The van der Waals surface area contributed by atoms with Gasteiger partial charge in [-0.05, 0) is 36.4 Å². The number of anilines is 1. The summed E-state index contributed by atoms with van der Waals surface area (Å²) < 4.78 is 5.57. The lowest BCUT2D eigenvalue weighted by Gasteiger charge is -2.00. The zero-order valence-corrected chi connectivity index (χ0v) is 11.6. The Kier molecular flexibility index (Phi) is 3.59. The van der Waals surface area contributed by atoms with E-state index in [1.165, 1.54) is 0 Å². The van der Waals surface area contributed by atoms with Crippen LogP contribution in [-0.4, -0.2) is 4.98 Å². The normalized spacial score (nSPS) is 11.3. The number of hydrogen-bond donors (Lipinski definition) is 1. The second-order valence-corrected chi connectivity index (χ2v) is 4.74. The van der Waals surface area contributed by atoms with Crippen molar-refractivity contribution in [3.63, 3.8) is 0 Å². The average molecular weight is 296 g/mol. The fourth-order valence-electron chi connectivity index (χ4n) is 1.83. The van der Waals surface area contributed by atoms with E-state index < -0.39 is 0 Å². The number of nitrogens with one attached hydrogen (secondary N) is 1. The van der Waals surface area contributed by atoms with E-state index in [1.807, 2.05) is 36.4 Å². The molecule has 3 aromatic rings. The van der Waals surface area contributed by atoms with E-state index in [1.54, 1.807) is 18.3 Å². The van der Waals surface area contributed by atoms with Gasteiger partial charge in [-0.3, -0.25) is 0 Å². The van der Waals surface area contributed by atoms with Gasteiger partial charge in [-0.2, -0.15) is 5.26 Å². The summed E-state index contributed by atoms with van der Waals surface area (Å²) in [5.41, 5.74) is 2.52. The summed E-state index contributed by atoms with van der Waals surface area (Å²) >= 11 is 5.82. The third-order valence-corrected chi connectivity index (χ3v) is 3.12. The fraction of sp³-hybridized carbons (Fsp3) is 0. The van der Waals surface area contributed by atoms with Crippen LogP contribution in [0.25, 0.3) is 16.7 Å². The highest BCUT2D eigenvalue weighted by molar-refractivity contribution is 6.30. The van der Waals surface area contributed by atoms with Crippen molar-refractivity contribution in [3.05, 3.63) is 65.6 Å². The van der Waals surface area contributed by atoms with E-state index in [2.05, 4.69) is 16.4 Å². The van der Waals surface area contributed by atoms with Crippen LogP contribution in [-0.2, 0) is 0 Å². The van der Waals surface area contributed by atoms with Gasteiger partial charge in [0.05, 0.1) is 0 Å². The maximum atomic E-state index is 9.25. The van der Waals surface area contributed by atoms with E-state index in [0.29, 0.717) is 22.1 Å². The summed E-state index contributed by atoms with van der Waals surface area (Å²) in [6.45, 7) is 0. The van der Waals surface area contributed by atoms with Crippen LogP contribution in [0.15, 0.2) is 59.1 Å². The predicted octanol–water partition coefficient (Wildman–Crippen LogP) is 4.46. The molecule has 0 aliphatic carbocycles. The van der Waals surface area contributed by atoms with Gasteiger partial charge in [0, 0.05) is 16.9 Å². The molecule has 0 aliphatic heterocycles. The van der Waals surface area contributed by atoms with Gasteiger partial charge in [0.1, 0.15) is 17.2 Å². The highest BCUT2D eigenvalue weighted by atomic mass is 35.5. The van der Waals surface area contributed by atoms with Gasteiger partial charge in [0.2, 0.25) is 5.89 Å². The Balaban J connectivity index is 1.89. The Bertz CT molecular complexity index is 811. The van der Waals surface area contributed by atoms with Crippen molar-refractivity contribution in [3.8, 4) is 6.07 Å². The minimum Gasteiger partial charge on any atom is -0.435 e. The molecule has 102 valence electrons. The van der Waals surface area contributed by atoms with Crippen molar-refractivity contribution in [2.45, 2.75) is 0 Å². The summed E-state index contributed by atoms with van der Waals surface area (Å²) in [4.78, 5) is 4.29. The largest absolute Gasteiger partial charge is 0.435 e. The average Bonchev–Trinajstić information content (AvgIpc) is 2.93. The van der Waals surface area contributed by atoms with Gasteiger partial charge in [-0.1, -0.05) is 23.7 Å². The van der Waals surface area contributed by atoms with Crippen LogP contribution in [0.1, 0.15) is 5.89 Å². The van der Waals surface area contributed by atoms with E-state index >= 15 is 0 Å². The molecule has 0 amide bonds. The van der Waals surface area contributed by atoms with Crippen molar-refractivity contribution < 1.29 is 4.42 Å². The first-order chi connectivity index (χ1) is 10.3. The van der Waals surface area contributed by atoms with Gasteiger partial charge >= 0.3 is 0 Å². The van der Waals surface area contributed by atoms with E-state index in [0.717, 1.165) is 11.2 Å². The minimum atomic E-state index is 0.292. The molecule has 4 nitrogen and oxygen atoms in total. The Morgan fingerprint density at radius 2 is 1.95 bits per heavy atom. The van der Waals surface area contributed by atoms with Crippen molar-refractivity contribution in [1.82, 2.24) is 4.98 Å². The number of nitriles is 1. The minimum absolute atomic E-state index is 0.292. The summed E-state index contributed by atoms with van der Waals surface area (Å²) in [7, 11) is 0.